The van der Waals surface area contributed by atoms with Crippen molar-refractivity contribution in [3.63, 3.8) is 0 Å². The molecule has 0 aromatic heterocycles. The van der Waals surface area contributed by atoms with Gasteiger partial charge in [-0.3, -0.25) is 4.79 Å². The summed E-state index contributed by atoms with van der Waals surface area (Å²) in [6.45, 7) is 11.3. The van der Waals surface area contributed by atoms with Gasteiger partial charge in [0.05, 0.1) is 11.6 Å². The van der Waals surface area contributed by atoms with Crippen molar-refractivity contribution in [3.8, 4) is 0 Å². The summed E-state index contributed by atoms with van der Waals surface area (Å²) in [5.41, 5.74) is 5.38. The second-order valence-electron chi connectivity index (χ2n) is 7.83. The maximum Gasteiger partial charge on any atom is 0.237 e. The predicted molar refractivity (Wildman–Crippen MR) is 87.1 cm³/mol. The molecule has 1 aliphatic carbocycles. The van der Waals surface area contributed by atoms with Gasteiger partial charge in [0.15, 0.2) is 0 Å². The lowest BCUT2D eigenvalue weighted by atomic mass is 9.76. The highest BCUT2D eigenvalue weighted by Crippen LogP contribution is 2.36. The molecule has 0 heterocycles. The van der Waals surface area contributed by atoms with E-state index in [0.717, 1.165) is 25.7 Å². The minimum absolute atomic E-state index is 0.240. The minimum Gasteiger partial charge on any atom is -0.378 e. The van der Waals surface area contributed by atoms with Gasteiger partial charge >= 0.3 is 0 Å². The van der Waals surface area contributed by atoms with Crippen molar-refractivity contribution in [2.45, 2.75) is 90.8 Å². The molecule has 4 heteroatoms. The molecule has 21 heavy (non-hydrogen) atoms. The third-order valence-corrected chi connectivity index (χ3v) is 4.61. The molecule has 1 fully saturated rings. The van der Waals surface area contributed by atoms with Crippen LogP contribution in [0.4, 0.5) is 0 Å². The molecule has 1 rings (SSSR count). The van der Waals surface area contributed by atoms with Crippen LogP contribution in [0.15, 0.2) is 0 Å². The lowest BCUT2D eigenvalue weighted by Crippen LogP contribution is -2.55. The van der Waals surface area contributed by atoms with E-state index >= 15 is 0 Å². The zero-order valence-electron chi connectivity index (χ0n) is 14.5. The van der Waals surface area contributed by atoms with Crippen LogP contribution in [0.1, 0.15) is 73.1 Å². The molecule has 1 amide bonds. The van der Waals surface area contributed by atoms with Crippen LogP contribution in [0.25, 0.3) is 0 Å². The highest BCUT2D eigenvalue weighted by Gasteiger charge is 2.31. The van der Waals surface area contributed by atoms with Crippen LogP contribution in [-0.2, 0) is 9.53 Å². The molecule has 0 bridgehead atoms. The van der Waals surface area contributed by atoms with Crippen molar-refractivity contribution in [3.05, 3.63) is 0 Å². The van der Waals surface area contributed by atoms with Crippen LogP contribution < -0.4 is 11.1 Å². The number of primary amides is 1. The van der Waals surface area contributed by atoms with Gasteiger partial charge in [-0.25, -0.2) is 0 Å². The normalized spacial score (nSPS) is 22.2. The SMILES string of the molecule is CC(C)NC(C)(CCCOC1CCC(C)(C)CC1)C(N)=O. The van der Waals surface area contributed by atoms with Crippen molar-refractivity contribution >= 4 is 5.91 Å². The maximum atomic E-state index is 11.6. The fraction of sp³-hybridized carbons (Fsp3) is 0.941. The summed E-state index contributed by atoms with van der Waals surface area (Å²) < 4.78 is 5.98. The summed E-state index contributed by atoms with van der Waals surface area (Å²) in [6, 6.07) is 0.240. The number of ether oxygens (including phenoxy) is 1. The van der Waals surface area contributed by atoms with Crippen molar-refractivity contribution in [2.75, 3.05) is 6.61 Å². The molecule has 124 valence electrons. The Labute approximate surface area is 130 Å². The summed E-state index contributed by atoms with van der Waals surface area (Å²) in [5, 5.41) is 3.27. The molecule has 4 nitrogen and oxygen atoms in total. The zero-order valence-corrected chi connectivity index (χ0v) is 14.5. The van der Waals surface area contributed by atoms with E-state index in [9.17, 15) is 4.79 Å². The number of nitrogens with one attached hydrogen (secondary N) is 1. The summed E-state index contributed by atoms with van der Waals surface area (Å²) in [5.74, 6) is -0.282. The Kier molecular flexibility index (Phi) is 6.67. The topological polar surface area (TPSA) is 64.3 Å². The maximum absolute atomic E-state index is 11.6. The smallest absolute Gasteiger partial charge is 0.237 e. The lowest BCUT2D eigenvalue weighted by molar-refractivity contribution is -0.124. The molecule has 0 spiro atoms. The van der Waals surface area contributed by atoms with Crippen LogP contribution in [0.5, 0.6) is 0 Å². The molecule has 1 unspecified atom stereocenters. The molecular formula is C17H34N2O2. The molecule has 0 radical (unpaired) electrons. The summed E-state index contributed by atoms with van der Waals surface area (Å²) in [4.78, 5) is 11.6. The Morgan fingerprint density at radius 2 is 1.95 bits per heavy atom. The molecule has 1 aliphatic rings. The first-order valence-electron chi connectivity index (χ1n) is 8.34. The van der Waals surface area contributed by atoms with E-state index in [2.05, 4.69) is 19.2 Å². The molecule has 3 N–H and O–H groups in total. The van der Waals surface area contributed by atoms with E-state index in [0.29, 0.717) is 18.1 Å². The number of nitrogens with two attached hydrogens (primary N) is 1. The van der Waals surface area contributed by atoms with Gasteiger partial charge in [0.1, 0.15) is 0 Å². The van der Waals surface area contributed by atoms with Crippen molar-refractivity contribution in [1.82, 2.24) is 5.32 Å². The van der Waals surface area contributed by atoms with E-state index < -0.39 is 5.54 Å². The van der Waals surface area contributed by atoms with E-state index in [1.165, 1.54) is 12.8 Å². The third-order valence-electron chi connectivity index (χ3n) is 4.61. The molecule has 0 aliphatic heterocycles. The van der Waals surface area contributed by atoms with Crippen molar-refractivity contribution in [1.29, 1.82) is 0 Å². The first-order chi connectivity index (χ1) is 9.65. The van der Waals surface area contributed by atoms with E-state index in [-0.39, 0.29) is 11.9 Å². The van der Waals surface area contributed by atoms with Gasteiger partial charge < -0.3 is 15.8 Å². The fourth-order valence-corrected chi connectivity index (χ4v) is 3.12. The first-order valence-corrected chi connectivity index (χ1v) is 8.34. The Morgan fingerprint density at radius 1 is 1.38 bits per heavy atom. The molecule has 1 atom stereocenters. The van der Waals surface area contributed by atoms with Gasteiger partial charge in [-0.05, 0) is 64.7 Å². The monoisotopic (exact) mass is 298 g/mol. The Balaban J connectivity index is 2.27. The number of rotatable bonds is 8. The standard InChI is InChI=1S/C17H34N2O2/c1-13(2)19-17(5,15(18)20)9-6-12-21-14-7-10-16(3,4)11-8-14/h13-14,19H,6-12H2,1-5H3,(H2,18,20). The largest absolute Gasteiger partial charge is 0.378 e. The first kappa shape index (κ1) is 18.4. The average molecular weight is 298 g/mol. The number of carbonyl (C=O) groups excluding carboxylic acids is 1. The summed E-state index contributed by atoms with van der Waals surface area (Å²) in [6.07, 6.45) is 6.78. The van der Waals surface area contributed by atoms with Gasteiger partial charge in [-0.1, -0.05) is 13.8 Å². The number of amides is 1. The van der Waals surface area contributed by atoms with Crippen LogP contribution in [0.2, 0.25) is 0 Å². The quantitative estimate of drug-likeness (QED) is 0.677. The predicted octanol–water partition coefficient (Wildman–Crippen LogP) is 2.99. The highest BCUT2D eigenvalue weighted by molar-refractivity contribution is 5.84. The molecule has 0 aromatic rings. The van der Waals surface area contributed by atoms with Gasteiger partial charge in [0, 0.05) is 12.6 Å². The molecule has 1 saturated carbocycles. The van der Waals surface area contributed by atoms with Crippen LogP contribution in [0.3, 0.4) is 0 Å². The number of carbonyl (C=O) groups is 1. The van der Waals surface area contributed by atoms with E-state index in [4.69, 9.17) is 10.5 Å². The van der Waals surface area contributed by atoms with Crippen LogP contribution in [-0.4, -0.2) is 30.2 Å². The highest BCUT2D eigenvalue weighted by atomic mass is 16.5. The summed E-state index contributed by atoms with van der Waals surface area (Å²) >= 11 is 0. The second kappa shape index (κ2) is 7.59. The Bertz CT molecular complexity index is 332. The second-order valence-corrected chi connectivity index (χ2v) is 7.83. The van der Waals surface area contributed by atoms with Crippen LogP contribution in [0, 0.1) is 5.41 Å². The van der Waals surface area contributed by atoms with E-state index in [1.54, 1.807) is 0 Å². The van der Waals surface area contributed by atoms with Gasteiger partial charge in [0.2, 0.25) is 5.91 Å². The average Bonchev–Trinajstić information content (AvgIpc) is 2.35. The van der Waals surface area contributed by atoms with Crippen LogP contribution >= 0.6 is 0 Å². The minimum atomic E-state index is -0.633. The molecular weight excluding hydrogens is 264 g/mol. The fourth-order valence-electron chi connectivity index (χ4n) is 3.12. The molecule has 0 aromatic carbocycles. The van der Waals surface area contributed by atoms with E-state index in [1.807, 2.05) is 20.8 Å². The number of hydrogen-bond acceptors (Lipinski definition) is 3. The van der Waals surface area contributed by atoms with Crippen molar-refractivity contribution < 1.29 is 9.53 Å². The zero-order chi connectivity index (χ0) is 16.1. The Hall–Kier alpha value is -0.610. The molecule has 0 saturated heterocycles. The van der Waals surface area contributed by atoms with Gasteiger partial charge in [-0.2, -0.15) is 0 Å². The van der Waals surface area contributed by atoms with Gasteiger partial charge in [0.25, 0.3) is 0 Å². The van der Waals surface area contributed by atoms with Gasteiger partial charge in [-0.15, -0.1) is 0 Å². The lowest BCUT2D eigenvalue weighted by Gasteiger charge is -2.34. The Morgan fingerprint density at radius 3 is 2.43 bits per heavy atom. The number of hydrogen-bond donors (Lipinski definition) is 2. The summed E-state index contributed by atoms with van der Waals surface area (Å²) in [7, 11) is 0. The van der Waals surface area contributed by atoms with Crippen molar-refractivity contribution in [2.24, 2.45) is 11.1 Å². The third kappa shape index (κ3) is 6.35.